The lowest BCUT2D eigenvalue weighted by Gasteiger charge is -2.13. The fourth-order valence-electron chi connectivity index (χ4n) is 2.54. The number of aryl methyl sites for hydroxylation is 1. The first-order chi connectivity index (χ1) is 12.1. The molecule has 3 nitrogen and oxygen atoms in total. The minimum absolute atomic E-state index is 0.0618. The molecule has 0 aromatic heterocycles. The smallest absolute Gasteiger partial charge is 0.257 e. The zero-order chi connectivity index (χ0) is 18.1. The molecule has 0 heterocycles. The molecule has 0 fully saturated rings. The highest BCUT2D eigenvalue weighted by Crippen LogP contribution is 2.25. The van der Waals surface area contributed by atoms with Crippen LogP contribution in [0.3, 0.4) is 0 Å². The Balaban J connectivity index is 1.64. The number of carbonyl (C=O) groups is 1. The second-order valence-electron chi connectivity index (χ2n) is 6.37. The van der Waals surface area contributed by atoms with Crippen molar-refractivity contribution in [3.8, 4) is 5.75 Å². The molecule has 0 aliphatic rings. The van der Waals surface area contributed by atoms with Gasteiger partial charge in [0.15, 0.2) is 6.61 Å². The molecule has 1 amide bonds. The lowest BCUT2D eigenvalue weighted by molar-refractivity contribution is -0.122. The third-order valence-corrected chi connectivity index (χ3v) is 4.85. The number of rotatable bonds is 9. The standard InChI is InChI=1S/C21H27NO2S/c1-16(2)19-9-4-5-10-20(19)24-14-21(23)22-11-12-25-15-18-8-6-7-17(3)13-18/h4-10,13,16H,11-12,14-15H2,1-3H3,(H,22,23). The SMILES string of the molecule is Cc1cccc(CSCCNC(=O)COc2ccccc2C(C)C)c1. The van der Waals surface area contributed by atoms with Crippen molar-refractivity contribution in [1.29, 1.82) is 0 Å². The Morgan fingerprint density at radius 3 is 2.72 bits per heavy atom. The Bertz CT molecular complexity index is 685. The monoisotopic (exact) mass is 357 g/mol. The first-order valence-electron chi connectivity index (χ1n) is 8.68. The van der Waals surface area contributed by atoms with Gasteiger partial charge in [-0.15, -0.1) is 0 Å². The number of para-hydroxylation sites is 1. The van der Waals surface area contributed by atoms with Crippen LogP contribution in [-0.4, -0.2) is 24.8 Å². The van der Waals surface area contributed by atoms with Crippen molar-refractivity contribution in [3.05, 3.63) is 65.2 Å². The number of ether oxygens (including phenoxy) is 1. The molecular weight excluding hydrogens is 330 g/mol. The fraction of sp³-hybridized carbons (Fsp3) is 0.381. The zero-order valence-electron chi connectivity index (χ0n) is 15.2. The van der Waals surface area contributed by atoms with Gasteiger partial charge in [-0.3, -0.25) is 4.79 Å². The number of nitrogens with one attached hydrogen (secondary N) is 1. The number of amides is 1. The molecule has 0 spiro atoms. The van der Waals surface area contributed by atoms with Gasteiger partial charge in [0.2, 0.25) is 0 Å². The van der Waals surface area contributed by atoms with Gasteiger partial charge < -0.3 is 10.1 Å². The molecule has 0 radical (unpaired) electrons. The van der Waals surface area contributed by atoms with Crippen molar-refractivity contribution in [1.82, 2.24) is 5.32 Å². The molecule has 4 heteroatoms. The highest BCUT2D eigenvalue weighted by Gasteiger charge is 2.08. The topological polar surface area (TPSA) is 38.3 Å². The molecule has 2 aromatic carbocycles. The minimum atomic E-state index is -0.0743. The predicted molar refractivity (Wildman–Crippen MR) is 106 cm³/mol. The Hall–Kier alpha value is -1.94. The molecule has 0 unspecified atom stereocenters. The third-order valence-electron chi connectivity index (χ3n) is 3.82. The van der Waals surface area contributed by atoms with E-state index in [1.165, 1.54) is 11.1 Å². The maximum atomic E-state index is 11.9. The van der Waals surface area contributed by atoms with Gasteiger partial charge in [0.1, 0.15) is 5.75 Å². The van der Waals surface area contributed by atoms with Crippen molar-refractivity contribution in [3.63, 3.8) is 0 Å². The van der Waals surface area contributed by atoms with Gasteiger partial charge in [-0.1, -0.05) is 61.9 Å². The number of thioether (sulfide) groups is 1. The first-order valence-corrected chi connectivity index (χ1v) is 9.83. The first kappa shape index (κ1) is 19.4. The van der Waals surface area contributed by atoms with Crippen molar-refractivity contribution < 1.29 is 9.53 Å². The Kier molecular flexibility index (Phi) is 7.86. The Labute approximate surface area is 155 Å². The summed E-state index contributed by atoms with van der Waals surface area (Å²) in [6, 6.07) is 16.4. The molecule has 2 aromatic rings. The van der Waals surface area contributed by atoms with E-state index >= 15 is 0 Å². The molecule has 0 aliphatic heterocycles. The second-order valence-corrected chi connectivity index (χ2v) is 7.48. The van der Waals surface area contributed by atoms with E-state index in [1.54, 1.807) is 0 Å². The third kappa shape index (κ3) is 6.83. The van der Waals surface area contributed by atoms with Crippen molar-refractivity contribution in [2.75, 3.05) is 18.9 Å². The van der Waals surface area contributed by atoms with E-state index in [2.05, 4.69) is 50.4 Å². The molecule has 0 bridgehead atoms. The van der Waals surface area contributed by atoms with Crippen LogP contribution >= 0.6 is 11.8 Å². The van der Waals surface area contributed by atoms with Crippen LogP contribution in [0.15, 0.2) is 48.5 Å². The number of carbonyl (C=O) groups excluding carboxylic acids is 1. The number of benzene rings is 2. The highest BCUT2D eigenvalue weighted by molar-refractivity contribution is 7.98. The molecule has 0 saturated carbocycles. The lowest BCUT2D eigenvalue weighted by atomic mass is 10.0. The van der Waals surface area contributed by atoms with Crippen molar-refractivity contribution >= 4 is 17.7 Å². The van der Waals surface area contributed by atoms with Gasteiger partial charge in [-0.25, -0.2) is 0 Å². The molecule has 25 heavy (non-hydrogen) atoms. The van der Waals surface area contributed by atoms with Crippen LogP contribution in [0.25, 0.3) is 0 Å². The van der Waals surface area contributed by atoms with E-state index in [0.717, 1.165) is 22.8 Å². The minimum Gasteiger partial charge on any atom is -0.483 e. The summed E-state index contributed by atoms with van der Waals surface area (Å²) in [5.41, 5.74) is 3.74. The maximum Gasteiger partial charge on any atom is 0.257 e. The molecule has 0 atom stereocenters. The summed E-state index contributed by atoms with van der Waals surface area (Å²) in [4.78, 5) is 11.9. The highest BCUT2D eigenvalue weighted by atomic mass is 32.2. The summed E-state index contributed by atoms with van der Waals surface area (Å²) in [5.74, 6) is 2.95. The van der Waals surface area contributed by atoms with E-state index in [4.69, 9.17) is 4.74 Å². The van der Waals surface area contributed by atoms with E-state index in [-0.39, 0.29) is 12.5 Å². The van der Waals surface area contributed by atoms with Gasteiger partial charge >= 0.3 is 0 Å². The van der Waals surface area contributed by atoms with Crippen LogP contribution in [0.2, 0.25) is 0 Å². The van der Waals surface area contributed by atoms with Crippen molar-refractivity contribution in [2.24, 2.45) is 0 Å². The van der Waals surface area contributed by atoms with Gasteiger partial charge in [0.05, 0.1) is 0 Å². The Morgan fingerprint density at radius 2 is 1.96 bits per heavy atom. The fourth-order valence-corrected chi connectivity index (χ4v) is 3.34. The van der Waals surface area contributed by atoms with Gasteiger partial charge in [0.25, 0.3) is 5.91 Å². The number of hydrogen-bond donors (Lipinski definition) is 1. The van der Waals surface area contributed by atoms with Crippen molar-refractivity contribution in [2.45, 2.75) is 32.4 Å². The summed E-state index contributed by atoms with van der Waals surface area (Å²) in [5, 5.41) is 2.91. The van der Waals surface area contributed by atoms with Crippen LogP contribution < -0.4 is 10.1 Å². The van der Waals surface area contributed by atoms with Crippen LogP contribution in [-0.2, 0) is 10.5 Å². The Morgan fingerprint density at radius 1 is 1.16 bits per heavy atom. The molecule has 0 aliphatic carbocycles. The van der Waals surface area contributed by atoms with E-state index in [0.29, 0.717) is 12.5 Å². The molecular formula is C21H27NO2S. The predicted octanol–water partition coefficient (Wildman–Crippen LogP) is 4.55. The second kappa shape index (κ2) is 10.1. The normalized spacial score (nSPS) is 10.7. The zero-order valence-corrected chi connectivity index (χ0v) is 16.1. The molecule has 0 saturated heterocycles. The van der Waals surface area contributed by atoms with Gasteiger partial charge in [0, 0.05) is 18.1 Å². The maximum absolute atomic E-state index is 11.9. The molecule has 134 valence electrons. The van der Waals surface area contributed by atoms with Gasteiger partial charge in [-0.05, 0) is 30.0 Å². The van der Waals surface area contributed by atoms with Crippen LogP contribution in [0.1, 0.15) is 36.5 Å². The molecule has 2 rings (SSSR count). The quantitative estimate of drug-likeness (QED) is 0.669. The lowest BCUT2D eigenvalue weighted by Crippen LogP contribution is -2.30. The summed E-state index contributed by atoms with van der Waals surface area (Å²) < 4.78 is 5.68. The summed E-state index contributed by atoms with van der Waals surface area (Å²) in [7, 11) is 0. The van der Waals surface area contributed by atoms with E-state index in [9.17, 15) is 4.79 Å². The summed E-state index contributed by atoms with van der Waals surface area (Å²) in [6.07, 6.45) is 0. The van der Waals surface area contributed by atoms with Crippen LogP contribution in [0.4, 0.5) is 0 Å². The summed E-state index contributed by atoms with van der Waals surface area (Å²) in [6.45, 7) is 7.06. The van der Waals surface area contributed by atoms with Crippen LogP contribution in [0, 0.1) is 6.92 Å². The van der Waals surface area contributed by atoms with Crippen LogP contribution in [0.5, 0.6) is 5.75 Å². The van der Waals surface area contributed by atoms with E-state index < -0.39 is 0 Å². The average molecular weight is 358 g/mol. The largest absolute Gasteiger partial charge is 0.483 e. The summed E-state index contributed by atoms with van der Waals surface area (Å²) >= 11 is 1.82. The number of hydrogen-bond acceptors (Lipinski definition) is 3. The van der Waals surface area contributed by atoms with Gasteiger partial charge in [-0.2, -0.15) is 11.8 Å². The average Bonchev–Trinajstić information content (AvgIpc) is 2.60. The van der Waals surface area contributed by atoms with E-state index in [1.807, 2.05) is 36.0 Å². The molecule has 1 N–H and O–H groups in total.